The van der Waals surface area contributed by atoms with Crippen LogP contribution in [-0.4, -0.2) is 17.4 Å². The first-order valence-electron chi connectivity index (χ1n) is 7.44. The van der Waals surface area contributed by atoms with Crippen LogP contribution >= 0.6 is 0 Å². The van der Waals surface area contributed by atoms with Gasteiger partial charge >= 0.3 is 5.97 Å². The molecule has 3 unspecified atom stereocenters. The number of ketones is 1. The summed E-state index contributed by atoms with van der Waals surface area (Å²) in [5.74, 6) is 0.0428. The normalized spacial score (nSPS) is 34.2. The van der Waals surface area contributed by atoms with E-state index < -0.39 is 0 Å². The zero-order chi connectivity index (χ0) is 13.6. The number of rotatable bonds is 3. The third-order valence-corrected chi connectivity index (χ3v) is 5.19. The molecule has 3 nitrogen and oxygen atoms in total. The van der Waals surface area contributed by atoms with Crippen molar-refractivity contribution in [3.63, 3.8) is 0 Å². The lowest BCUT2D eigenvalue weighted by Gasteiger charge is -2.33. The highest BCUT2D eigenvalue weighted by Gasteiger charge is 2.49. The maximum atomic E-state index is 12.3. The molecule has 2 saturated carbocycles. The van der Waals surface area contributed by atoms with Crippen molar-refractivity contribution in [2.24, 2.45) is 23.7 Å². The van der Waals surface area contributed by atoms with Crippen molar-refractivity contribution in [1.82, 2.24) is 0 Å². The van der Waals surface area contributed by atoms with Crippen LogP contribution in [0, 0.1) is 23.7 Å². The van der Waals surface area contributed by atoms with Crippen molar-refractivity contribution in [3.8, 4) is 0 Å². The monoisotopic (exact) mass is 262 g/mol. The summed E-state index contributed by atoms with van der Waals surface area (Å²) >= 11 is 0. The van der Waals surface area contributed by atoms with Gasteiger partial charge in [0.2, 0.25) is 0 Å². The number of carbonyl (C=O) groups excluding carboxylic acids is 2. The van der Waals surface area contributed by atoms with Gasteiger partial charge in [-0.15, -0.1) is 0 Å². The second kappa shape index (κ2) is 4.46. The number of hydrogen-bond acceptors (Lipinski definition) is 3. The van der Waals surface area contributed by atoms with Gasteiger partial charge < -0.3 is 4.74 Å². The number of fused-ring (bicyclic) bond motifs is 2. The molecule has 3 atom stereocenters. The fraction of sp³-hybridized carbons (Fsp3) is 0.750. The number of hydrogen-bond donors (Lipinski definition) is 0. The first-order chi connectivity index (χ1) is 8.99. The Hall–Kier alpha value is -1.12. The van der Waals surface area contributed by atoms with Crippen LogP contribution in [0.2, 0.25) is 0 Å². The third kappa shape index (κ3) is 2.13. The Morgan fingerprint density at radius 3 is 2.47 bits per heavy atom. The predicted molar refractivity (Wildman–Crippen MR) is 71.4 cm³/mol. The summed E-state index contributed by atoms with van der Waals surface area (Å²) in [6.07, 6.45) is 9.26. The molecule has 3 rings (SSSR count). The van der Waals surface area contributed by atoms with E-state index in [9.17, 15) is 9.59 Å². The highest BCUT2D eigenvalue weighted by molar-refractivity contribution is 5.96. The van der Waals surface area contributed by atoms with Gasteiger partial charge in [-0.25, -0.2) is 0 Å². The molecule has 0 aromatic heterocycles. The number of allylic oxidation sites excluding steroid dienone is 2. The molecule has 2 fully saturated rings. The molecule has 3 heteroatoms. The van der Waals surface area contributed by atoms with Crippen LogP contribution in [0.4, 0.5) is 0 Å². The van der Waals surface area contributed by atoms with Gasteiger partial charge in [0.1, 0.15) is 11.4 Å². The molecule has 104 valence electrons. The number of esters is 1. The quantitative estimate of drug-likeness (QED) is 0.580. The van der Waals surface area contributed by atoms with Crippen molar-refractivity contribution in [2.45, 2.75) is 51.6 Å². The van der Waals surface area contributed by atoms with E-state index in [1.54, 1.807) is 0 Å². The smallest absolute Gasteiger partial charge is 0.310 e. The van der Waals surface area contributed by atoms with E-state index in [-0.39, 0.29) is 35.1 Å². The van der Waals surface area contributed by atoms with Crippen LogP contribution < -0.4 is 0 Å². The highest BCUT2D eigenvalue weighted by Crippen LogP contribution is 2.43. The molecule has 0 aromatic carbocycles. The summed E-state index contributed by atoms with van der Waals surface area (Å²) in [6, 6.07) is 0. The molecular weight excluding hydrogens is 240 g/mol. The number of ether oxygens (including phenoxy) is 1. The van der Waals surface area contributed by atoms with Gasteiger partial charge in [-0.3, -0.25) is 9.59 Å². The molecule has 19 heavy (non-hydrogen) atoms. The van der Waals surface area contributed by atoms with Crippen molar-refractivity contribution >= 4 is 11.8 Å². The van der Waals surface area contributed by atoms with Crippen LogP contribution in [0.3, 0.4) is 0 Å². The molecule has 2 bridgehead atoms. The van der Waals surface area contributed by atoms with Crippen LogP contribution in [0.5, 0.6) is 0 Å². The van der Waals surface area contributed by atoms with Gasteiger partial charge in [-0.05, 0) is 39.0 Å². The lowest BCUT2D eigenvalue weighted by molar-refractivity contribution is -0.168. The van der Waals surface area contributed by atoms with E-state index >= 15 is 0 Å². The molecule has 0 N–H and O–H groups in total. The minimum Gasteiger partial charge on any atom is -0.459 e. The molecule has 3 aliphatic carbocycles. The summed E-state index contributed by atoms with van der Waals surface area (Å²) < 4.78 is 5.78. The maximum absolute atomic E-state index is 12.3. The van der Waals surface area contributed by atoms with Gasteiger partial charge in [0.15, 0.2) is 0 Å². The van der Waals surface area contributed by atoms with E-state index in [2.05, 4.69) is 0 Å². The summed E-state index contributed by atoms with van der Waals surface area (Å²) in [5, 5.41) is 0. The first kappa shape index (κ1) is 12.9. The van der Waals surface area contributed by atoms with Gasteiger partial charge in [0, 0.05) is 11.8 Å². The fourth-order valence-electron chi connectivity index (χ4n) is 3.92. The molecule has 0 aromatic rings. The first-order valence-corrected chi connectivity index (χ1v) is 7.44. The lowest BCUT2D eigenvalue weighted by Crippen LogP contribution is -2.38. The summed E-state index contributed by atoms with van der Waals surface area (Å²) in [6.45, 7) is 4.04. The Bertz CT molecular complexity index is 429. The Morgan fingerprint density at radius 1 is 1.26 bits per heavy atom. The average molecular weight is 262 g/mol. The van der Waals surface area contributed by atoms with Crippen molar-refractivity contribution in [1.29, 1.82) is 0 Å². The maximum Gasteiger partial charge on any atom is 0.310 e. The third-order valence-electron chi connectivity index (χ3n) is 5.19. The second-order valence-corrected chi connectivity index (χ2v) is 6.77. The van der Waals surface area contributed by atoms with Crippen LogP contribution in [0.1, 0.15) is 46.0 Å². The van der Waals surface area contributed by atoms with Crippen molar-refractivity contribution in [2.75, 3.05) is 0 Å². The van der Waals surface area contributed by atoms with Gasteiger partial charge in [0.05, 0.1) is 5.92 Å². The molecule has 0 spiro atoms. The predicted octanol–water partition coefficient (Wildman–Crippen LogP) is 2.89. The molecule has 0 amide bonds. The summed E-state index contributed by atoms with van der Waals surface area (Å²) in [7, 11) is 0. The van der Waals surface area contributed by atoms with Crippen molar-refractivity contribution in [3.05, 3.63) is 12.2 Å². The largest absolute Gasteiger partial charge is 0.459 e. The minimum atomic E-state index is -0.387. The van der Waals surface area contributed by atoms with E-state index in [4.69, 9.17) is 4.74 Å². The number of Topliss-reactive ketones (excluding diaryl/α,β-unsaturated/α-hetero) is 1. The topological polar surface area (TPSA) is 43.4 Å². The Labute approximate surface area is 114 Å². The zero-order valence-electron chi connectivity index (χ0n) is 11.7. The Kier molecular flexibility index (Phi) is 3.03. The van der Waals surface area contributed by atoms with E-state index in [1.165, 1.54) is 12.8 Å². The van der Waals surface area contributed by atoms with E-state index in [0.717, 1.165) is 12.8 Å². The Morgan fingerprint density at radius 2 is 1.95 bits per heavy atom. The SMILES string of the molecule is CC(C)(OC(=O)C1CC2C=CC1C2=O)C1CCCC1. The molecule has 0 heterocycles. The van der Waals surface area contributed by atoms with Crippen molar-refractivity contribution < 1.29 is 14.3 Å². The molecule has 3 aliphatic rings. The highest BCUT2D eigenvalue weighted by atomic mass is 16.6. The fourth-order valence-corrected chi connectivity index (χ4v) is 3.92. The summed E-state index contributed by atoms with van der Waals surface area (Å²) in [4.78, 5) is 24.2. The minimum absolute atomic E-state index is 0.0304. The second-order valence-electron chi connectivity index (χ2n) is 6.77. The summed E-state index contributed by atoms with van der Waals surface area (Å²) in [5.41, 5.74) is -0.387. The van der Waals surface area contributed by atoms with Crippen LogP contribution in [0.25, 0.3) is 0 Å². The number of carbonyl (C=O) groups is 2. The van der Waals surface area contributed by atoms with Gasteiger partial charge in [0.25, 0.3) is 0 Å². The standard InChI is InChI=1S/C16H22O3/c1-16(2,11-5-3-4-6-11)19-15(18)13-9-10-7-8-12(13)14(10)17/h7-8,10-13H,3-6,9H2,1-2H3. The van der Waals surface area contributed by atoms with Crippen LogP contribution in [-0.2, 0) is 14.3 Å². The molecule has 0 saturated heterocycles. The van der Waals surface area contributed by atoms with E-state index in [0.29, 0.717) is 12.3 Å². The molecule has 0 radical (unpaired) electrons. The Balaban J connectivity index is 1.65. The molecular formula is C16H22O3. The van der Waals surface area contributed by atoms with Crippen LogP contribution in [0.15, 0.2) is 12.2 Å². The molecule has 0 aliphatic heterocycles. The van der Waals surface area contributed by atoms with Gasteiger partial charge in [-0.2, -0.15) is 0 Å². The lowest BCUT2D eigenvalue weighted by atomic mass is 9.88. The van der Waals surface area contributed by atoms with Gasteiger partial charge in [-0.1, -0.05) is 25.0 Å². The zero-order valence-corrected chi connectivity index (χ0v) is 11.7. The van der Waals surface area contributed by atoms with E-state index in [1.807, 2.05) is 26.0 Å². The average Bonchev–Trinajstić information content (AvgIpc) is 3.06.